The van der Waals surface area contributed by atoms with Crippen molar-refractivity contribution >= 4 is 23.0 Å². The average molecular weight is 264 g/mol. The summed E-state index contributed by atoms with van der Waals surface area (Å²) in [7, 11) is 0. The zero-order valence-corrected chi connectivity index (χ0v) is 11.6. The summed E-state index contributed by atoms with van der Waals surface area (Å²) in [4.78, 5) is 2.75. The van der Waals surface area contributed by atoms with Crippen LogP contribution < -0.4 is 10.6 Å². The first kappa shape index (κ1) is 13.2. The van der Waals surface area contributed by atoms with Crippen LogP contribution in [0.4, 0.5) is 5.82 Å². The Hall–Kier alpha value is -1.23. The van der Waals surface area contributed by atoms with Gasteiger partial charge in [0.15, 0.2) is 5.82 Å². The fourth-order valence-corrected chi connectivity index (χ4v) is 2.80. The highest BCUT2D eigenvalue weighted by Gasteiger charge is 2.25. The Labute approximate surface area is 114 Å². The quantitative estimate of drug-likeness (QED) is 0.845. The van der Waals surface area contributed by atoms with E-state index in [9.17, 15) is 0 Å². The predicted molar refractivity (Wildman–Crippen MR) is 77.8 cm³/mol. The van der Waals surface area contributed by atoms with Gasteiger partial charge in [-0.3, -0.25) is 0 Å². The van der Waals surface area contributed by atoms with Crippen LogP contribution in [-0.2, 0) is 0 Å². The second-order valence-corrected chi connectivity index (χ2v) is 5.20. The number of hydrogen-bond donors (Lipinski definition) is 1. The number of hydrogen-bond acceptors (Lipinski definition) is 4. The first-order valence-electron chi connectivity index (χ1n) is 6.62. The van der Waals surface area contributed by atoms with Crippen LogP contribution in [0.1, 0.15) is 44.6 Å². The fourth-order valence-electron chi connectivity index (χ4n) is 2.64. The maximum Gasteiger partial charge on any atom is 0.161 e. The van der Waals surface area contributed by atoms with Crippen LogP contribution in [0.3, 0.4) is 0 Å². The van der Waals surface area contributed by atoms with Crippen LogP contribution >= 0.6 is 12.2 Å². The van der Waals surface area contributed by atoms with E-state index < -0.39 is 0 Å². The molecule has 0 saturated carbocycles. The van der Waals surface area contributed by atoms with Gasteiger partial charge in [0.25, 0.3) is 0 Å². The van der Waals surface area contributed by atoms with Crippen LogP contribution in [0, 0.1) is 0 Å². The van der Waals surface area contributed by atoms with E-state index in [0.29, 0.717) is 11.0 Å². The summed E-state index contributed by atoms with van der Waals surface area (Å²) >= 11 is 5.11. The summed E-state index contributed by atoms with van der Waals surface area (Å²) in [5.74, 6) is 0.864. The lowest BCUT2D eigenvalue weighted by molar-refractivity contribution is 0.430. The third-order valence-electron chi connectivity index (χ3n) is 3.49. The number of thiocarbonyl (C=S) groups is 1. The van der Waals surface area contributed by atoms with Gasteiger partial charge in [0.2, 0.25) is 0 Å². The predicted octanol–water partition coefficient (Wildman–Crippen LogP) is 2.27. The van der Waals surface area contributed by atoms with Gasteiger partial charge in [0.05, 0.1) is 11.8 Å². The number of nitrogens with zero attached hydrogens (tertiary/aromatic N) is 3. The highest BCUT2D eigenvalue weighted by molar-refractivity contribution is 7.80. The minimum Gasteiger partial charge on any atom is -0.389 e. The standard InChI is InChI=1S/C13H20N4S/c1-2-5-10-6-3-4-9-17(10)13-11(12(14)18)7-8-15-16-13/h7-8,10H,2-6,9H2,1H3,(H2,14,18). The monoisotopic (exact) mass is 264 g/mol. The molecular formula is C13H20N4S. The lowest BCUT2D eigenvalue weighted by atomic mass is 9.98. The van der Waals surface area contributed by atoms with E-state index >= 15 is 0 Å². The zero-order valence-electron chi connectivity index (χ0n) is 10.8. The van der Waals surface area contributed by atoms with Crippen molar-refractivity contribution in [3.05, 3.63) is 17.8 Å². The molecule has 2 N–H and O–H groups in total. The Bertz CT molecular complexity index is 419. The Balaban J connectivity index is 2.30. The molecule has 1 aliphatic heterocycles. The van der Waals surface area contributed by atoms with Crippen molar-refractivity contribution in [2.75, 3.05) is 11.4 Å². The van der Waals surface area contributed by atoms with Crippen molar-refractivity contribution in [3.63, 3.8) is 0 Å². The highest BCUT2D eigenvalue weighted by Crippen LogP contribution is 2.27. The molecule has 2 rings (SSSR count). The summed E-state index contributed by atoms with van der Waals surface area (Å²) in [5.41, 5.74) is 6.63. The number of anilines is 1. The number of rotatable bonds is 4. The molecule has 1 atom stereocenters. The van der Waals surface area contributed by atoms with Crippen molar-refractivity contribution in [1.29, 1.82) is 0 Å². The third-order valence-corrected chi connectivity index (χ3v) is 3.71. The maximum absolute atomic E-state index is 5.78. The molecule has 0 radical (unpaired) electrons. The summed E-state index contributed by atoms with van der Waals surface area (Å²) in [6, 6.07) is 2.41. The minimum atomic E-state index is 0.403. The van der Waals surface area contributed by atoms with Crippen molar-refractivity contribution < 1.29 is 0 Å². The lowest BCUT2D eigenvalue weighted by Crippen LogP contribution is -2.41. The molecule has 1 aromatic heterocycles. The van der Waals surface area contributed by atoms with Gasteiger partial charge in [0, 0.05) is 12.6 Å². The van der Waals surface area contributed by atoms with Gasteiger partial charge in [-0.2, -0.15) is 5.10 Å². The molecule has 1 saturated heterocycles. The molecule has 0 aliphatic carbocycles. The van der Waals surface area contributed by atoms with Gasteiger partial charge >= 0.3 is 0 Å². The van der Waals surface area contributed by atoms with Gasteiger partial charge in [-0.1, -0.05) is 25.6 Å². The number of aromatic nitrogens is 2. The smallest absolute Gasteiger partial charge is 0.161 e. The van der Waals surface area contributed by atoms with Gasteiger partial charge in [-0.25, -0.2) is 0 Å². The van der Waals surface area contributed by atoms with Gasteiger partial charge in [-0.15, -0.1) is 5.10 Å². The summed E-state index contributed by atoms with van der Waals surface area (Å²) in [6.07, 6.45) is 7.74. The van der Waals surface area contributed by atoms with Crippen LogP contribution in [0.25, 0.3) is 0 Å². The van der Waals surface area contributed by atoms with E-state index in [4.69, 9.17) is 18.0 Å². The molecule has 1 unspecified atom stereocenters. The molecule has 4 nitrogen and oxygen atoms in total. The van der Waals surface area contributed by atoms with Crippen molar-refractivity contribution in [2.24, 2.45) is 5.73 Å². The van der Waals surface area contributed by atoms with Crippen molar-refractivity contribution in [3.8, 4) is 0 Å². The van der Waals surface area contributed by atoms with Crippen molar-refractivity contribution in [1.82, 2.24) is 10.2 Å². The highest BCUT2D eigenvalue weighted by atomic mass is 32.1. The zero-order chi connectivity index (χ0) is 13.0. The lowest BCUT2D eigenvalue weighted by Gasteiger charge is -2.37. The molecule has 1 fully saturated rings. The Morgan fingerprint density at radius 2 is 2.39 bits per heavy atom. The van der Waals surface area contributed by atoms with Gasteiger partial charge in [0.1, 0.15) is 4.99 Å². The van der Waals surface area contributed by atoms with Crippen molar-refractivity contribution in [2.45, 2.75) is 45.1 Å². The number of piperidine rings is 1. The molecule has 18 heavy (non-hydrogen) atoms. The summed E-state index contributed by atoms with van der Waals surface area (Å²) in [5, 5.41) is 8.26. The second-order valence-electron chi connectivity index (χ2n) is 4.76. The second kappa shape index (κ2) is 6.09. The SMILES string of the molecule is CCCC1CCCCN1c1nnccc1C(N)=S. The minimum absolute atomic E-state index is 0.403. The number of nitrogens with two attached hydrogens (primary N) is 1. The molecule has 0 amide bonds. The van der Waals surface area contributed by atoms with Crippen LogP contribution in [-0.4, -0.2) is 27.8 Å². The van der Waals surface area contributed by atoms with E-state index in [-0.39, 0.29) is 0 Å². The molecule has 2 heterocycles. The largest absolute Gasteiger partial charge is 0.389 e. The first-order chi connectivity index (χ1) is 8.74. The third kappa shape index (κ3) is 2.77. The van der Waals surface area contributed by atoms with Crippen LogP contribution in [0.2, 0.25) is 0 Å². The van der Waals surface area contributed by atoms with Crippen LogP contribution in [0.15, 0.2) is 12.3 Å². The molecule has 98 valence electrons. The summed E-state index contributed by atoms with van der Waals surface area (Å²) < 4.78 is 0. The maximum atomic E-state index is 5.78. The van der Waals surface area contributed by atoms with E-state index in [1.165, 1.54) is 32.1 Å². The first-order valence-corrected chi connectivity index (χ1v) is 7.03. The molecule has 0 aromatic carbocycles. The molecular weight excluding hydrogens is 244 g/mol. The molecule has 0 spiro atoms. The molecule has 1 aromatic rings. The van der Waals surface area contributed by atoms with E-state index in [1.54, 1.807) is 6.20 Å². The fraction of sp³-hybridized carbons (Fsp3) is 0.615. The topological polar surface area (TPSA) is 55.0 Å². The average Bonchev–Trinajstić information content (AvgIpc) is 2.40. The Kier molecular flexibility index (Phi) is 4.47. The Morgan fingerprint density at radius 1 is 1.56 bits per heavy atom. The molecule has 0 bridgehead atoms. The molecule has 5 heteroatoms. The van der Waals surface area contributed by atoms with Gasteiger partial charge < -0.3 is 10.6 Å². The normalized spacial score (nSPS) is 19.8. The van der Waals surface area contributed by atoms with E-state index in [0.717, 1.165) is 17.9 Å². The summed E-state index contributed by atoms with van der Waals surface area (Å²) in [6.45, 7) is 3.25. The van der Waals surface area contributed by atoms with Crippen LogP contribution in [0.5, 0.6) is 0 Å². The van der Waals surface area contributed by atoms with Gasteiger partial charge in [-0.05, 0) is 31.7 Å². The van der Waals surface area contributed by atoms with E-state index in [2.05, 4.69) is 22.0 Å². The Morgan fingerprint density at radius 3 is 3.11 bits per heavy atom. The molecule has 1 aliphatic rings. The van der Waals surface area contributed by atoms with E-state index in [1.807, 2.05) is 6.07 Å².